The lowest BCUT2D eigenvalue weighted by Gasteiger charge is -2.14. The number of rotatable bonds is 6. The number of amides is 2. The van der Waals surface area contributed by atoms with Crippen LogP contribution in [0.15, 0.2) is 53.1 Å². The van der Waals surface area contributed by atoms with Gasteiger partial charge in [-0.05, 0) is 37.5 Å². The molecular formula is C16H20N2O2. The van der Waals surface area contributed by atoms with Crippen molar-refractivity contribution in [1.82, 2.24) is 10.6 Å². The summed E-state index contributed by atoms with van der Waals surface area (Å²) in [5.41, 5.74) is 1.29. The Morgan fingerprint density at radius 3 is 2.70 bits per heavy atom. The van der Waals surface area contributed by atoms with Crippen molar-refractivity contribution in [2.24, 2.45) is 0 Å². The second-order valence-electron chi connectivity index (χ2n) is 4.83. The summed E-state index contributed by atoms with van der Waals surface area (Å²) in [6.45, 7) is 2.42. The first-order chi connectivity index (χ1) is 9.74. The summed E-state index contributed by atoms with van der Waals surface area (Å²) >= 11 is 0. The number of nitrogens with one attached hydrogen (secondary N) is 2. The molecule has 1 aromatic heterocycles. The van der Waals surface area contributed by atoms with Gasteiger partial charge in [0, 0.05) is 6.04 Å². The Morgan fingerprint density at radius 1 is 1.20 bits per heavy atom. The quantitative estimate of drug-likeness (QED) is 0.849. The third-order valence-electron chi connectivity index (χ3n) is 3.09. The van der Waals surface area contributed by atoms with E-state index in [9.17, 15) is 4.79 Å². The van der Waals surface area contributed by atoms with Crippen molar-refractivity contribution < 1.29 is 9.21 Å². The highest BCUT2D eigenvalue weighted by atomic mass is 16.3. The fourth-order valence-electron chi connectivity index (χ4n) is 1.96. The van der Waals surface area contributed by atoms with Crippen LogP contribution in [0.2, 0.25) is 0 Å². The molecule has 0 radical (unpaired) electrons. The SMILES string of the molecule is C[C@@H](CCc1ccccc1)NC(=O)NCc1ccco1. The van der Waals surface area contributed by atoms with Gasteiger partial charge in [-0.1, -0.05) is 30.3 Å². The van der Waals surface area contributed by atoms with Crippen molar-refractivity contribution in [2.75, 3.05) is 0 Å². The minimum atomic E-state index is -0.165. The predicted molar refractivity (Wildman–Crippen MR) is 78.3 cm³/mol. The van der Waals surface area contributed by atoms with Gasteiger partial charge in [0.05, 0.1) is 12.8 Å². The number of aryl methyl sites for hydroxylation is 1. The van der Waals surface area contributed by atoms with Crippen LogP contribution in [0.5, 0.6) is 0 Å². The highest BCUT2D eigenvalue weighted by Crippen LogP contribution is 2.04. The molecule has 0 saturated carbocycles. The van der Waals surface area contributed by atoms with Crippen LogP contribution >= 0.6 is 0 Å². The summed E-state index contributed by atoms with van der Waals surface area (Å²) < 4.78 is 5.15. The first-order valence-electron chi connectivity index (χ1n) is 6.84. The molecule has 2 amide bonds. The van der Waals surface area contributed by atoms with E-state index in [1.54, 1.807) is 12.3 Å². The van der Waals surface area contributed by atoms with Crippen LogP contribution in [0.3, 0.4) is 0 Å². The van der Waals surface area contributed by atoms with Crippen molar-refractivity contribution in [3.05, 3.63) is 60.1 Å². The number of hydrogen-bond donors (Lipinski definition) is 2. The number of furan rings is 1. The minimum absolute atomic E-state index is 0.131. The lowest BCUT2D eigenvalue weighted by atomic mass is 10.1. The van der Waals surface area contributed by atoms with Crippen molar-refractivity contribution in [1.29, 1.82) is 0 Å². The van der Waals surface area contributed by atoms with Gasteiger partial charge in [0.1, 0.15) is 5.76 Å². The van der Waals surface area contributed by atoms with E-state index in [2.05, 4.69) is 22.8 Å². The first-order valence-corrected chi connectivity index (χ1v) is 6.84. The van der Waals surface area contributed by atoms with E-state index < -0.39 is 0 Å². The van der Waals surface area contributed by atoms with Crippen LogP contribution < -0.4 is 10.6 Å². The third-order valence-corrected chi connectivity index (χ3v) is 3.09. The molecule has 0 saturated heterocycles. The van der Waals surface area contributed by atoms with E-state index in [4.69, 9.17) is 4.42 Å². The fourth-order valence-corrected chi connectivity index (χ4v) is 1.96. The Labute approximate surface area is 119 Å². The molecule has 0 aliphatic carbocycles. The van der Waals surface area contributed by atoms with Crippen molar-refractivity contribution >= 4 is 6.03 Å². The largest absolute Gasteiger partial charge is 0.467 e. The Balaban J connectivity index is 1.66. The predicted octanol–water partition coefficient (Wildman–Crippen LogP) is 3.10. The molecule has 4 nitrogen and oxygen atoms in total. The minimum Gasteiger partial charge on any atom is -0.467 e. The summed E-state index contributed by atoms with van der Waals surface area (Å²) in [7, 11) is 0. The standard InChI is InChI=1S/C16H20N2O2/c1-13(9-10-14-6-3-2-4-7-14)18-16(19)17-12-15-8-5-11-20-15/h2-8,11,13H,9-10,12H2,1H3,(H2,17,18,19)/t13-/m0/s1. The molecule has 2 aromatic rings. The van der Waals surface area contributed by atoms with Crippen LogP contribution in [0.4, 0.5) is 4.79 Å². The molecule has 1 heterocycles. The fraction of sp³-hybridized carbons (Fsp3) is 0.312. The maximum Gasteiger partial charge on any atom is 0.315 e. The zero-order valence-corrected chi connectivity index (χ0v) is 11.6. The molecule has 0 aliphatic rings. The highest BCUT2D eigenvalue weighted by molar-refractivity contribution is 5.74. The molecule has 106 valence electrons. The van der Waals surface area contributed by atoms with E-state index in [0.717, 1.165) is 18.6 Å². The highest BCUT2D eigenvalue weighted by Gasteiger charge is 2.07. The molecule has 4 heteroatoms. The molecule has 20 heavy (non-hydrogen) atoms. The summed E-state index contributed by atoms with van der Waals surface area (Å²) in [6, 6.07) is 13.9. The number of carbonyl (C=O) groups is 1. The lowest BCUT2D eigenvalue weighted by molar-refractivity contribution is 0.236. The molecule has 0 aliphatic heterocycles. The normalized spacial score (nSPS) is 11.8. The Bertz CT molecular complexity index is 509. The summed E-state index contributed by atoms with van der Waals surface area (Å²) in [6.07, 6.45) is 3.47. The van der Waals surface area contributed by atoms with E-state index in [-0.39, 0.29) is 12.1 Å². The van der Waals surface area contributed by atoms with E-state index in [1.807, 2.05) is 31.2 Å². The topological polar surface area (TPSA) is 54.3 Å². The first kappa shape index (κ1) is 14.2. The molecule has 0 unspecified atom stereocenters. The average Bonchev–Trinajstić information content (AvgIpc) is 2.97. The van der Waals surface area contributed by atoms with Crippen molar-refractivity contribution in [2.45, 2.75) is 32.4 Å². The number of urea groups is 1. The number of carbonyl (C=O) groups excluding carboxylic acids is 1. The van der Waals surface area contributed by atoms with Crippen LogP contribution in [0.25, 0.3) is 0 Å². The van der Waals surface area contributed by atoms with Crippen LogP contribution in [-0.2, 0) is 13.0 Å². The van der Waals surface area contributed by atoms with E-state index in [1.165, 1.54) is 5.56 Å². The van der Waals surface area contributed by atoms with Gasteiger partial charge in [-0.15, -0.1) is 0 Å². The molecular weight excluding hydrogens is 252 g/mol. The molecule has 1 atom stereocenters. The number of hydrogen-bond acceptors (Lipinski definition) is 2. The lowest BCUT2D eigenvalue weighted by Crippen LogP contribution is -2.40. The van der Waals surface area contributed by atoms with E-state index >= 15 is 0 Å². The Morgan fingerprint density at radius 2 is 2.00 bits per heavy atom. The van der Waals surface area contributed by atoms with Gasteiger partial charge >= 0.3 is 6.03 Å². The van der Waals surface area contributed by atoms with Gasteiger partial charge in [0.25, 0.3) is 0 Å². The van der Waals surface area contributed by atoms with Gasteiger partial charge in [-0.25, -0.2) is 4.79 Å². The maximum absolute atomic E-state index is 11.7. The van der Waals surface area contributed by atoms with Crippen LogP contribution in [0.1, 0.15) is 24.7 Å². The van der Waals surface area contributed by atoms with Crippen LogP contribution in [0, 0.1) is 0 Å². The molecule has 0 bridgehead atoms. The second kappa shape index (κ2) is 7.38. The van der Waals surface area contributed by atoms with Crippen molar-refractivity contribution in [3.8, 4) is 0 Å². The molecule has 0 spiro atoms. The van der Waals surface area contributed by atoms with Gasteiger partial charge in [0.15, 0.2) is 0 Å². The molecule has 0 fully saturated rings. The van der Waals surface area contributed by atoms with Gasteiger partial charge in [-0.2, -0.15) is 0 Å². The summed E-state index contributed by atoms with van der Waals surface area (Å²) in [4.78, 5) is 11.7. The molecule has 2 N–H and O–H groups in total. The smallest absolute Gasteiger partial charge is 0.315 e. The van der Waals surface area contributed by atoms with E-state index in [0.29, 0.717) is 6.54 Å². The van der Waals surface area contributed by atoms with Crippen molar-refractivity contribution in [3.63, 3.8) is 0 Å². The average molecular weight is 272 g/mol. The van der Waals surface area contributed by atoms with Gasteiger partial charge in [0.2, 0.25) is 0 Å². The van der Waals surface area contributed by atoms with Gasteiger partial charge in [-0.3, -0.25) is 0 Å². The molecule has 1 aromatic carbocycles. The summed E-state index contributed by atoms with van der Waals surface area (Å²) in [5.74, 6) is 0.747. The zero-order chi connectivity index (χ0) is 14.2. The summed E-state index contributed by atoms with van der Waals surface area (Å²) in [5, 5.41) is 5.69. The molecule has 2 rings (SSSR count). The third kappa shape index (κ3) is 4.80. The monoisotopic (exact) mass is 272 g/mol. The van der Waals surface area contributed by atoms with Crippen LogP contribution in [-0.4, -0.2) is 12.1 Å². The zero-order valence-electron chi connectivity index (χ0n) is 11.6. The Kier molecular flexibility index (Phi) is 5.24. The second-order valence-corrected chi connectivity index (χ2v) is 4.83. The number of benzene rings is 1. The maximum atomic E-state index is 11.7. The Hall–Kier alpha value is -2.23. The van der Waals surface area contributed by atoms with Gasteiger partial charge < -0.3 is 15.1 Å².